The lowest BCUT2D eigenvalue weighted by atomic mass is 9.90. The molecule has 0 bridgehead atoms. The number of halogens is 2. The monoisotopic (exact) mass is 174 g/mol. The predicted octanol–water partition coefficient (Wildman–Crippen LogP) is 2.84. The highest BCUT2D eigenvalue weighted by atomic mass is 19.2. The lowest BCUT2D eigenvalue weighted by Gasteiger charge is -2.26. The van der Waals surface area contributed by atoms with E-state index < -0.39 is 17.6 Å². The number of allylic oxidation sites excluding steroid dienone is 4. The van der Waals surface area contributed by atoms with Gasteiger partial charge in [-0.25, -0.2) is 8.78 Å². The van der Waals surface area contributed by atoms with Crippen LogP contribution in [0.3, 0.4) is 0 Å². The first-order chi connectivity index (χ1) is 5.60. The molecule has 1 nitrogen and oxygen atoms in total. The number of alkyl halides is 2. The minimum Gasteiger partial charge on any atom is -0.509 e. The Bertz CT molecular complexity index is 223. The van der Waals surface area contributed by atoms with Crippen LogP contribution in [-0.2, 0) is 0 Å². The fourth-order valence-electron chi connectivity index (χ4n) is 1.31. The Labute approximate surface area is 70.4 Å². The normalized spacial score (nSPS) is 34.9. The summed E-state index contributed by atoms with van der Waals surface area (Å²) in [5, 5.41) is 8.93. The molecule has 1 rings (SSSR count). The second-order valence-corrected chi connectivity index (χ2v) is 2.99. The van der Waals surface area contributed by atoms with Crippen molar-refractivity contribution in [3.63, 3.8) is 0 Å². The third kappa shape index (κ3) is 1.49. The first-order valence-corrected chi connectivity index (χ1v) is 4.01. The molecule has 0 aromatic carbocycles. The van der Waals surface area contributed by atoms with E-state index in [1.54, 1.807) is 6.92 Å². The van der Waals surface area contributed by atoms with E-state index in [1.165, 1.54) is 18.2 Å². The van der Waals surface area contributed by atoms with Crippen molar-refractivity contribution < 1.29 is 13.9 Å². The summed E-state index contributed by atoms with van der Waals surface area (Å²) < 4.78 is 26.6. The van der Waals surface area contributed by atoms with Crippen LogP contribution in [0.1, 0.15) is 19.8 Å². The van der Waals surface area contributed by atoms with Crippen molar-refractivity contribution in [1.82, 2.24) is 0 Å². The minimum atomic E-state index is -2.01. The maximum absolute atomic E-state index is 13.6. The summed E-state index contributed by atoms with van der Waals surface area (Å²) in [5.74, 6) is -0.520. The quantitative estimate of drug-likeness (QED) is 0.682. The smallest absolute Gasteiger partial charge is 0.194 e. The zero-order valence-corrected chi connectivity index (χ0v) is 6.93. The molecule has 0 aliphatic heterocycles. The summed E-state index contributed by atoms with van der Waals surface area (Å²) in [6.45, 7) is 1.78. The molecular weight excluding hydrogens is 162 g/mol. The van der Waals surface area contributed by atoms with Crippen molar-refractivity contribution in [3.8, 4) is 0 Å². The maximum Gasteiger partial charge on any atom is 0.194 e. The number of aliphatic hydroxyl groups excluding tert-OH is 1. The van der Waals surface area contributed by atoms with E-state index in [0.29, 0.717) is 6.42 Å². The Hall–Kier alpha value is -0.860. The van der Waals surface area contributed by atoms with Crippen LogP contribution >= 0.6 is 0 Å². The fraction of sp³-hybridized carbons (Fsp3) is 0.556. The van der Waals surface area contributed by atoms with E-state index >= 15 is 0 Å². The van der Waals surface area contributed by atoms with Gasteiger partial charge in [-0.1, -0.05) is 19.4 Å². The summed E-state index contributed by atoms with van der Waals surface area (Å²) in [5.41, 5.74) is -2.01. The van der Waals surface area contributed by atoms with Crippen LogP contribution in [0.2, 0.25) is 0 Å². The molecule has 3 heteroatoms. The molecular formula is C9H12F2O. The highest BCUT2D eigenvalue weighted by Crippen LogP contribution is 2.33. The van der Waals surface area contributed by atoms with E-state index in [0.717, 1.165) is 0 Å². The van der Waals surface area contributed by atoms with Gasteiger partial charge in [0, 0.05) is 0 Å². The van der Waals surface area contributed by atoms with E-state index in [9.17, 15) is 8.78 Å². The molecule has 1 aliphatic carbocycles. The minimum absolute atomic E-state index is 0.0998. The third-order valence-electron chi connectivity index (χ3n) is 1.95. The first-order valence-electron chi connectivity index (χ1n) is 4.01. The molecule has 0 amide bonds. The molecule has 0 saturated carbocycles. The molecule has 0 fully saturated rings. The van der Waals surface area contributed by atoms with Crippen molar-refractivity contribution in [2.45, 2.75) is 31.6 Å². The standard InChI is InChI=1S/C9H12F2O/c1-2-5-9(11)6-3-4-7(12)8(9)10/h3-4,6,8,12H,2,5H2,1H3. The Morgan fingerprint density at radius 1 is 1.67 bits per heavy atom. The van der Waals surface area contributed by atoms with Crippen molar-refractivity contribution in [2.75, 3.05) is 0 Å². The second-order valence-electron chi connectivity index (χ2n) is 2.99. The van der Waals surface area contributed by atoms with E-state index in [1.807, 2.05) is 0 Å². The topological polar surface area (TPSA) is 20.2 Å². The summed E-state index contributed by atoms with van der Waals surface area (Å²) in [6.07, 6.45) is 2.44. The van der Waals surface area contributed by atoms with Crippen LogP contribution in [-0.4, -0.2) is 16.9 Å². The summed E-state index contributed by atoms with van der Waals surface area (Å²) in [7, 11) is 0. The SMILES string of the molecule is CCCC1(F)C=CC=C(O)C1F. The molecule has 1 aliphatic rings. The summed E-state index contributed by atoms with van der Waals surface area (Å²) in [6, 6.07) is 0. The highest BCUT2D eigenvalue weighted by molar-refractivity contribution is 5.26. The van der Waals surface area contributed by atoms with E-state index in [4.69, 9.17) is 5.11 Å². The zero-order chi connectivity index (χ0) is 9.19. The Morgan fingerprint density at radius 2 is 2.33 bits per heavy atom. The van der Waals surface area contributed by atoms with Crippen LogP contribution in [0, 0.1) is 0 Å². The van der Waals surface area contributed by atoms with Crippen molar-refractivity contribution >= 4 is 0 Å². The molecule has 2 unspecified atom stereocenters. The van der Waals surface area contributed by atoms with Gasteiger partial charge in [-0.2, -0.15) is 0 Å². The van der Waals surface area contributed by atoms with Crippen LogP contribution < -0.4 is 0 Å². The van der Waals surface area contributed by atoms with Gasteiger partial charge >= 0.3 is 0 Å². The van der Waals surface area contributed by atoms with Gasteiger partial charge < -0.3 is 5.11 Å². The number of aliphatic hydroxyl groups is 1. The van der Waals surface area contributed by atoms with Gasteiger partial charge in [-0.15, -0.1) is 0 Å². The average Bonchev–Trinajstić information content (AvgIpc) is 2.01. The molecule has 12 heavy (non-hydrogen) atoms. The average molecular weight is 174 g/mol. The van der Waals surface area contributed by atoms with Crippen molar-refractivity contribution in [1.29, 1.82) is 0 Å². The van der Waals surface area contributed by atoms with Gasteiger partial charge in [0.05, 0.1) is 0 Å². The Morgan fingerprint density at radius 3 is 2.92 bits per heavy atom. The van der Waals surface area contributed by atoms with E-state index in [-0.39, 0.29) is 6.42 Å². The van der Waals surface area contributed by atoms with Gasteiger partial charge in [-0.3, -0.25) is 0 Å². The molecule has 1 N–H and O–H groups in total. The number of hydrogen-bond acceptors (Lipinski definition) is 1. The van der Waals surface area contributed by atoms with Crippen LogP contribution in [0.5, 0.6) is 0 Å². The first kappa shape index (κ1) is 9.23. The largest absolute Gasteiger partial charge is 0.509 e. The van der Waals surface area contributed by atoms with Gasteiger partial charge in [0.25, 0.3) is 0 Å². The Balaban J connectivity index is 2.80. The van der Waals surface area contributed by atoms with E-state index in [2.05, 4.69) is 0 Å². The molecule has 0 heterocycles. The third-order valence-corrected chi connectivity index (χ3v) is 1.95. The lowest BCUT2D eigenvalue weighted by molar-refractivity contribution is 0.0762. The van der Waals surface area contributed by atoms with Crippen molar-refractivity contribution in [2.24, 2.45) is 0 Å². The molecule has 0 radical (unpaired) electrons. The van der Waals surface area contributed by atoms with Crippen LogP contribution in [0.15, 0.2) is 24.0 Å². The van der Waals surface area contributed by atoms with Gasteiger partial charge in [0.1, 0.15) is 5.76 Å². The molecule has 0 spiro atoms. The predicted molar refractivity (Wildman–Crippen MR) is 43.5 cm³/mol. The van der Waals surface area contributed by atoms with Gasteiger partial charge in [-0.05, 0) is 18.6 Å². The molecule has 2 atom stereocenters. The Kier molecular flexibility index (Phi) is 2.50. The molecule has 68 valence electrons. The van der Waals surface area contributed by atoms with Gasteiger partial charge in [0.2, 0.25) is 0 Å². The fourth-order valence-corrected chi connectivity index (χ4v) is 1.31. The number of hydrogen-bond donors (Lipinski definition) is 1. The van der Waals surface area contributed by atoms with Crippen molar-refractivity contribution in [3.05, 3.63) is 24.0 Å². The van der Waals surface area contributed by atoms with Gasteiger partial charge in [0.15, 0.2) is 11.8 Å². The highest BCUT2D eigenvalue weighted by Gasteiger charge is 2.40. The zero-order valence-electron chi connectivity index (χ0n) is 6.93. The lowest BCUT2D eigenvalue weighted by Crippen LogP contribution is -2.35. The number of rotatable bonds is 2. The second kappa shape index (κ2) is 3.25. The molecule has 0 aromatic rings. The summed E-state index contributed by atoms with van der Waals surface area (Å²) >= 11 is 0. The summed E-state index contributed by atoms with van der Waals surface area (Å²) in [4.78, 5) is 0. The van der Waals surface area contributed by atoms with Crippen LogP contribution in [0.4, 0.5) is 8.78 Å². The van der Waals surface area contributed by atoms with Crippen LogP contribution in [0.25, 0.3) is 0 Å². The maximum atomic E-state index is 13.6. The molecule has 0 saturated heterocycles. The molecule has 0 aromatic heterocycles.